The van der Waals surface area contributed by atoms with Crippen LogP contribution in [0.15, 0.2) is 18.2 Å². The molecule has 1 fully saturated rings. The van der Waals surface area contributed by atoms with Crippen LogP contribution in [0.2, 0.25) is 0 Å². The summed E-state index contributed by atoms with van der Waals surface area (Å²) in [7, 11) is 0. The lowest BCUT2D eigenvalue weighted by Gasteiger charge is -2.33. The van der Waals surface area contributed by atoms with Gasteiger partial charge in [-0.2, -0.15) is 13.2 Å². The Hall–Kier alpha value is -1.10. The van der Waals surface area contributed by atoms with Gasteiger partial charge in [-0.25, -0.2) is 4.39 Å². The second-order valence-electron chi connectivity index (χ2n) is 6.29. The van der Waals surface area contributed by atoms with Crippen molar-refractivity contribution < 1.29 is 17.6 Å². The van der Waals surface area contributed by atoms with Crippen LogP contribution in [0.4, 0.5) is 17.6 Å². The highest BCUT2D eigenvalue weighted by molar-refractivity contribution is 5.27. The highest BCUT2D eigenvalue weighted by Crippen LogP contribution is 2.35. The van der Waals surface area contributed by atoms with E-state index in [2.05, 4.69) is 12.2 Å². The Morgan fingerprint density at radius 1 is 1.14 bits per heavy atom. The van der Waals surface area contributed by atoms with E-state index in [4.69, 9.17) is 0 Å². The Balaban J connectivity index is 1.94. The predicted octanol–water partition coefficient (Wildman–Crippen LogP) is 4.90. The van der Waals surface area contributed by atoms with Crippen molar-refractivity contribution >= 4 is 0 Å². The average molecular weight is 303 g/mol. The summed E-state index contributed by atoms with van der Waals surface area (Å²) < 4.78 is 51.1. The highest BCUT2D eigenvalue weighted by atomic mass is 19.4. The molecule has 5 heteroatoms. The Morgan fingerprint density at radius 2 is 1.81 bits per heavy atom. The van der Waals surface area contributed by atoms with Gasteiger partial charge in [0.25, 0.3) is 0 Å². The SMILES string of the molecule is CC1(CNCc2ccc(F)c(C(F)(F)F)c2)CCCCC1. The van der Waals surface area contributed by atoms with Crippen LogP contribution in [0.3, 0.4) is 0 Å². The molecule has 1 N–H and O–H groups in total. The van der Waals surface area contributed by atoms with Gasteiger partial charge in [0.05, 0.1) is 5.56 Å². The fourth-order valence-corrected chi connectivity index (χ4v) is 2.99. The van der Waals surface area contributed by atoms with Crippen LogP contribution in [-0.2, 0) is 12.7 Å². The lowest BCUT2D eigenvalue weighted by Crippen LogP contribution is -2.33. The first-order valence-electron chi connectivity index (χ1n) is 7.37. The van der Waals surface area contributed by atoms with E-state index in [1.165, 1.54) is 25.3 Å². The molecule has 0 amide bonds. The fraction of sp³-hybridized carbons (Fsp3) is 0.625. The Bertz CT molecular complexity index is 476. The molecule has 0 heterocycles. The van der Waals surface area contributed by atoms with Crippen molar-refractivity contribution in [3.63, 3.8) is 0 Å². The van der Waals surface area contributed by atoms with Crippen molar-refractivity contribution in [1.82, 2.24) is 5.32 Å². The Morgan fingerprint density at radius 3 is 2.43 bits per heavy atom. The third-order valence-corrected chi connectivity index (χ3v) is 4.28. The number of hydrogen-bond acceptors (Lipinski definition) is 1. The smallest absolute Gasteiger partial charge is 0.312 e. The number of alkyl halides is 3. The molecule has 118 valence electrons. The fourth-order valence-electron chi connectivity index (χ4n) is 2.99. The van der Waals surface area contributed by atoms with Gasteiger partial charge in [0, 0.05) is 13.1 Å². The van der Waals surface area contributed by atoms with Crippen molar-refractivity contribution in [2.45, 2.75) is 51.7 Å². The van der Waals surface area contributed by atoms with Crippen molar-refractivity contribution in [3.05, 3.63) is 35.1 Å². The van der Waals surface area contributed by atoms with E-state index in [9.17, 15) is 17.6 Å². The molecule has 1 saturated carbocycles. The molecule has 0 aliphatic heterocycles. The van der Waals surface area contributed by atoms with Gasteiger partial charge in [-0.05, 0) is 36.0 Å². The molecule has 0 unspecified atom stereocenters. The monoisotopic (exact) mass is 303 g/mol. The molecule has 0 radical (unpaired) electrons. The molecular weight excluding hydrogens is 282 g/mol. The molecule has 1 aromatic rings. The zero-order valence-electron chi connectivity index (χ0n) is 12.2. The minimum atomic E-state index is -4.64. The van der Waals surface area contributed by atoms with Crippen LogP contribution < -0.4 is 5.32 Å². The normalized spacial score (nSPS) is 18.7. The van der Waals surface area contributed by atoms with Crippen molar-refractivity contribution in [2.24, 2.45) is 5.41 Å². The molecule has 0 saturated heterocycles. The molecule has 2 rings (SSSR count). The van der Waals surface area contributed by atoms with Crippen molar-refractivity contribution in [1.29, 1.82) is 0 Å². The highest BCUT2D eigenvalue weighted by Gasteiger charge is 2.34. The molecule has 21 heavy (non-hydrogen) atoms. The van der Waals surface area contributed by atoms with E-state index >= 15 is 0 Å². The summed E-state index contributed by atoms with van der Waals surface area (Å²) in [4.78, 5) is 0. The molecule has 0 atom stereocenters. The number of nitrogens with one attached hydrogen (secondary N) is 1. The first-order valence-corrected chi connectivity index (χ1v) is 7.37. The maximum atomic E-state index is 13.2. The second kappa shape index (κ2) is 6.34. The molecule has 0 spiro atoms. The third-order valence-electron chi connectivity index (χ3n) is 4.28. The van der Waals surface area contributed by atoms with E-state index in [1.807, 2.05) is 0 Å². The Labute approximate surface area is 122 Å². The standard InChI is InChI=1S/C16H21F4N/c1-15(7-3-2-4-8-15)11-21-10-12-5-6-14(17)13(9-12)16(18,19)20/h5-6,9,21H,2-4,7-8,10-11H2,1H3. The number of rotatable bonds is 4. The van der Waals surface area contributed by atoms with E-state index in [0.29, 0.717) is 12.1 Å². The van der Waals surface area contributed by atoms with E-state index in [-0.39, 0.29) is 5.41 Å². The summed E-state index contributed by atoms with van der Waals surface area (Å²) in [5.74, 6) is -1.22. The van der Waals surface area contributed by atoms with Gasteiger partial charge in [0.1, 0.15) is 5.82 Å². The topological polar surface area (TPSA) is 12.0 Å². The van der Waals surface area contributed by atoms with E-state index in [0.717, 1.165) is 31.5 Å². The molecule has 1 aliphatic rings. The average Bonchev–Trinajstić information content (AvgIpc) is 2.40. The number of hydrogen-bond donors (Lipinski definition) is 1. The quantitative estimate of drug-likeness (QED) is 0.780. The van der Waals surface area contributed by atoms with Gasteiger partial charge in [-0.15, -0.1) is 0 Å². The molecule has 0 bridgehead atoms. The van der Waals surface area contributed by atoms with E-state index < -0.39 is 17.6 Å². The summed E-state index contributed by atoms with van der Waals surface area (Å²) in [6.07, 6.45) is 1.35. The molecule has 1 aliphatic carbocycles. The first-order chi connectivity index (χ1) is 9.80. The minimum Gasteiger partial charge on any atom is -0.312 e. The summed E-state index contributed by atoms with van der Waals surface area (Å²) in [6, 6.07) is 3.19. The van der Waals surface area contributed by atoms with Gasteiger partial charge >= 0.3 is 6.18 Å². The van der Waals surface area contributed by atoms with Gasteiger partial charge in [0.2, 0.25) is 0 Å². The number of halogens is 4. The maximum absolute atomic E-state index is 13.2. The number of benzene rings is 1. The summed E-state index contributed by atoms with van der Waals surface area (Å²) >= 11 is 0. The zero-order chi connectivity index (χ0) is 15.5. The molecule has 1 nitrogen and oxygen atoms in total. The maximum Gasteiger partial charge on any atom is 0.419 e. The molecular formula is C16H21F4N. The van der Waals surface area contributed by atoms with Gasteiger partial charge < -0.3 is 5.32 Å². The van der Waals surface area contributed by atoms with Crippen LogP contribution in [-0.4, -0.2) is 6.54 Å². The van der Waals surface area contributed by atoms with Crippen LogP contribution >= 0.6 is 0 Å². The third kappa shape index (κ3) is 4.43. The second-order valence-corrected chi connectivity index (χ2v) is 6.29. The van der Waals surface area contributed by atoms with Crippen LogP contribution in [0.1, 0.15) is 50.2 Å². The van der Waals surface area contributed by atoms with Crippen molar-refractivity contribution in [2.75, 3.05) is 6.54 Å². The first kappa shape index (κ1) is 16.3. The van der Waals surface area contributed by atoms with Crippen LogP contribution in [0.25, 0.3) is 0 Å². The predicted molar refractivity (Wildman–Crippen MR) is 74.3 cm³/mol. The van der Waals surface area contributed by atoms with Crippen LogP contribution in [0.5, 0.6) is 0 Å². The van der Waals surface area contributed by atoms with Gasteiger partial charge in [-0.1, -0.05) is 32.3 Å². The van der Waals surface area contributed by atoms with Gasteiger partial charge in [-0.3, -0.25) is 0 Å². The summed E-state index contributed by atoms with van der Waals surface area (Å²) in [5.41, 5.74) is -0.501. The Kier molecular flexibility index (Phi) is 4.91. The summed E-state index contributed by atoms with van der Waals surface area (Å²) in [5, 5.41) is 3.22. The van der Waals surface area contributed by atoms with Crippen molar-refractivity contribution in [3.8, 4) is 0 Å². The lowest BCUT2D eigenvalue weighted by molar-refractivity contribution is -0.140. The molecule has 0 aromatic heterocycles. The lowest BCUT2D eigenvalue weighted by atomic mass is 9.76. The van der Waals surface area contributed by atoms with Crippen LogP contribution in [0, 0.1) is 11.2 Å². The van der Waals surface area contributed by atoms with E-state index in [1.54, 1.807) is 0 Å². The molecule has 1 aromatic carbocycles. The minimum absolute atomic E-state index is 0.227. The summed E-state index contributed by atoms with van der Waals surface area (Å²) in [6.45, 7) is 3.33. The zero-order valence-corrected chi connectivity index (χ0v) is 12.2. The largest absolute Gasteiger partial charge is 0.419 e. The van der Waals surface area contributed by atoms with Gasteiger partial charge in [0.15, 0.2) is 0 Å².